The van der Waals surface area contributed by atoms with Crippen LogP contribution in [0.1, 0.15) is 48.9 Å². The van der Waals surface area contributed by atoms with E-state index in [-0.39, 0.29) is 0 Å². The molecule has 1 atom stereocenters. The zero-order valence-electron chi connectivity index (χ0n) is 12.0. The largest absolute Gasteiger partial charge is 0.309 e. The van der Waals surface area contributed by atoms with E-state index in [0.29, 0.717) is 10.8 Å². The summed E-state index contributed by atoms with van der Waals surface area (Å²) in [6.07, 6.45) is 6.41. The Kier molecular flexibility index (Phi) is 4.39. The second-order valence-electron chi connectivity index (χ2n) is 5.76. The molecule has 0 heterocycles. The van der Waals surface area contributed by atoms with Crippen LogP contribution in [-0.4, -0.2) is 17.5 Å². The Morgan fingerprint density at radius 2 is 1.83 bits per heavy atom. The average Bonchev–Trinajstić information content (AvgIpc) is 2.26. The van der Waals surface area contributed by atoms with Crippen LogP contribution in [0.3, 0.4) is 0 Å². The molecule has 1 aliphatic rings. The van der Waals surface area contributed by atoms with E-state index in [9.17, 15) is 0 Å². The zero-order chi connectivity index (χ0) is 13.2. The fourth-order valence-corrected chi connectivity index (χ4v) is 3.67. The van der Waals surface area contributed by atoms with E-state index in [1.54, 1.807) is 0 Å². The van der Waals surface area contributed by atoms with Gasteiger partial charge in [0.05, 0.1) is 0 Å². The number of aryl methyl sites for hydroxylation is 2. The standard InChI is InChI=1S/C16H25NS/c1-12-8-13(2)10-15(9-12)14(3)17-11-16(18-4)6-5-7-16/h8-10,14,17H,5-7,11H2,1-4H3. The molecule has 100 valence electrons. The minimum atomic E-state index is 0.452. The van der Waals surface area contributed by atoms with Gasteiger partial charge in [-0.2, -0.15) is 11.8 Å². The third kappa shape index (κ3) is 3.10. The third-order valence-corrected chi connectivity index (χ3v) is 5.59. The number of hydrogen-bond acceptors (Lipinski definition) is 2. The first-order chi connectivity index (χ1) is 8.54. The summed E-state index contributed by atoms with van der Waals surface area (Å²) in [6, 6.07) is 7.30. The molecule has 0 aromatic heterocycles. The quantitative estimate of drug-likeness (QED) is 0.853. The van der Waals surface area contributed by atoms with E-state index < -0.39 is 0 Å². The molecular formula is C16H25NS. The van der Waals surface area contributed by atoms with Crippen molar-refractivity contribution in [3.8, 4) is 0 Å². The second-order valence-corrected chi connectivity index (χ2v) is 7.04. The summed E-state index contributed by atoms with van der Waals surface area (Å²) < 4.78 is 0.521. The average molecular weight is 263 g/mol. The van der Waals surface area contributed by atoms with Crippen LogP contribution in [0.15, 0.2) is 18.2 Å². The van der Waals surface area contributed by atoms with Gasteiger partial charge in [0, 0.05) is 17.3 Å². The SMILES string of the molecule is CSC1(CNC(C)c2cc(C)cc(C)c2)CCC1. The Morgan fingerprint density at radius 3 is 2.28 bits per heavy atom. The van der Waals surface area contributed by atoms with E-state index in [4.69, 9.17) is 0 Å². The number of benzene rings is 1. The van der Waals surface area contributed by atoms with Gasteiger partial charge in [0.25, 0.3) is 0 Å². The van der Waals surface area contributed by atoms with Crippen molar-refractivity contribution in [2.75, 3.05) is 12.8 Å². The highest BCUT2D eigenvalue weighted by molar-refractivity contribution is 8.00. The van der Waals surface area contributed by atoms with Crippen molar-refractivity contribution in [3.63, 3.8) is 0 Å². The van der Waals surface area contributed by atoms with Crippen molar-refractivity contribution in [1.29, 1.82) is 0 Å². The lowest BCUT2D eigenvalue weighted by Crippen LogP contribution is -2.44. The van der Waals surface area contributed by atoms with Gasteiger partial charge < -0.3 is 5.32 Å². The lowest BCUT2D eigenvalue weighted by molar-refractivity contribution is 0.334. The normalized spacial score (nSPS) is 19.3. The molecule has 2 rings (SSSR count). The lowest BCUT2D eigenvalue weighted by atomic mass is 9.84. The predicted molar refractivity (Wildman–Crippen MR) is 82.4 cm³/mol. The molecule has 0 radical (unpaired) electrons. The van der Waals surface area contributed by atoms with Crippen LogP contribution in [0.2, 0.25) is 0 Å². The van der Waals surface area contributed by atoms with Crippen LogP contribution >= 0.6 is 11.8 Å². The Balaban J connectivity index is 1.96. The molecule has 1 aliphatic carbocycles. The summed E-state index contributed by atoms with van der Waals surface area (Å²) >= 11 is 2.04. The van der Waals surface area contributed by atoms with Crippen molar-refractivity contribution in [2.45, 2.75) is 50.8 Å². The molecule has 1 aromatic rings. The van der Waals surface area contributed by atoms with Crippen LogP contribution in [0.25, 0.3) is 0 Å². The summed E-state index contributed by atoms with van der Waals surface area (Å²) in [6.45, 7) is 7.78. The Hall–Kier alpha value is -0.470. The first-order valence-electron chi connectivity index (χ1n) is 6.91. The van der Waals surface area contributed by atoms with Crippen LogP contribution in [0.5, 0.6) is 0 Å². The van der Waals surface area contributed by atoms with Crippen LogP contribution in [0, 0.1) is 13.8 Å². The van der Waals surface area contributed by atoms with Crippen molar-refractivity contribution >= 4 is 11.8 Å². The summed E-state index contributed by atoms with van der Waals surface area (Å²) in [5, 5.41) is 3.73. The first-order valence-corrected chi connectivity index (χ1v) is 8.14. The molecule has 1 N–H and O–H groups in total. The van der Waals surface area contributed by atoms with Crippen molar-refractivity contribution in [1.82, 2.24) is 5.32 Å². The smallest absolute Gasteiger partial charge is 0.0292 e. The number of rotatable bonds is 5. The summed E-state index contributed by atoms with van der Waals surface area (Å²) in [7, 11) is 0. The van der Waals surface area contributed by atoms with Gasteiger partial charge in [-0.3, -0.25) is 0 Å². The molecule has 0 saturated heterocycles. The van der Waals surface area contributed by atoms with Crippen molar-refractivity contribution < 1.29 is 0 Å². The number of nitrogens with one attached hydrogen (secondary N) is 1. The minimum absolute atomic E-state index is 0.452. The Labute approximate surface area is 116 Å². The molecule has 1 unspecified atom stereocenters. The van der Waals surface area contributed by atoms with Gasteiger partial charge in [-0.1, -0.05) is 35.7 Å². The van der Waals surface area contributed by atoms with Gasteiger partial charge in [0.15, 0.2) is 0 Å². The fourth-order valence-electron chi connectivity index (χ4n) is 2.74. The number of thioether (sulfide) groups is 1. The molecule has 1 fully saturated rings. The molecule has 1 saturated carbocycles. The highest BCUT2D eigenvalue weighted by Crippen LogP contribution is 2.42. The number of hydrogen-bond donors (Lipinski definition) is 1. The highest BCUT2D eigenvalue weighted by atomic mass is 32.2. The maximum Gasteiger partial charge on any atom is 0.0292 e. The van der Waals surface area contributed by atoms with E-state index in [2.05, 4.69) is 50.5 Å². The maximum atomic E-state index is 3.73. The molecule has 0 aliphatic heterocycles. The van der Waals surface area contributed by atoms with Crippen LogP contribution in [0.4, 0.5) is 0 Å². The van der Waals surface area contributed by atoms with Gasteiger partial charge in [0.1, 0.15) is 0 Å². The van der Waals surface area contributed by atoms with Crippen LogP contribution in [-0.2, 0) is 0 Å². The zero-order valence-corrected chi connectivity index (χ0v) is 12.9. The predicted octanol–water partition coefficient (Wildman–Crippen LogP) is 4.24. The topological polar surface area (TPSA) is 12.0 Å². The molecule has 0 amide bonds. The van der Waals surface area contributed by atoms with E-state index in [0.717, 1.165) is 6.54 Å². The molecular weight excluding hydrogens is 238 g/mol. The first kappa shape index (κ1) is 14.0. The van der Waals surface area contributed by atoms with Gasteiger partial charge in [0.2, 0.25) is 0 Å². The Bertz CT molecular complexity index is 384. The fraction of sp³-hybridized carbons (Fsp3) is 0.625. The van der Waals surface area contributed by atoms with E-state index in [1.807, 2.05) is 11.8 Å². The minimum Gasteiger partial charge on any atom is -0.309 e. The summed E-state index contributed by atoms with van der Waals surface area (Å²) in [4.78, 5) is 0. The molecule has 0 spiro atoms. The molecule has 0 bridgehead atoms. The summed E-state index contributed by atoms with van der Waals surface area (Å²) in [5.41, 5.74) is 4.15. The third-order valence-electron chi connectivity index (χ3n) is 4.17. The Morgan fingerprint density at radius 1 is 1.22 bits per heavy atom. The van der Waals surface area contributed by atoms with Gasteiger partial charge >= 0.3 is 0 Å². The highest BCUT2D eigenvalue weighted by Gasteiger charge is 2.35. The van der Waals surface area contributed by atoms with Crippen molar-refractivity contribution in [3.05, 3.63) is 34.9 Å². The van der Waals surface area contributed by atoms with Gasteiger partial charge in [-0.15, -0.1) is 0 Å². The molecule has 1 aromatic carbocycles. The van der Waals surface area contributed by atoms with Gasteiger partial charge in [-0.05, 0) is 45.4 Å². The molecule has 2 heteroatoms. The van der Waals surface area contributed by atoms with E-state index in [1.165, 1.54) is 36.0 Å². The lowest BCUT2D eigenvalue weighted by Gasteiger charge is -2.41. The monoisotopic (exact) mass is 263 g/mol. The summed E-state index contributed by atoms with van der Waals surface area (Å²) in [5.74, 6) is 0. The van der Waals surface area contributed by atoms with E-state index >= 15 is 0 Å². The molecule has 18 heavy (non-hydrogen) atoms. The van der Waals surface area contributed by atoms with Crippen molar-refractivity contribution in [2.24, 2.45) is 0 Å². The van der Waals surface area contributed by atoms with Crippen LogP contribution < -0.4 is 5.32 Å². The molecule has 1 nitrogen and oxygen atoms in total. The maximum absolute atomic E-state index is 3.73. The second kappa shape index (κ2) is 5.66. The van der Waals surface area contributed by atoms with Gasteiger partial charge in [-0.25, -0.2) is 0 Å².